The first-order valence-corrected chi connectivity index (χ1v) is 10.8. The van der Waals surface area contributed by atoms with Crippen LogP contribution in [0.5, 0.6) is 0 Å². The molecule has 2 fully saturated rings. The van der Waals surface area contributed by atoms with Gasteiger partial charge in [0, 0.05) is 25.2 Å². The van der Waals surface area contributed by atoms with Crippen molar-refractivity contribution >= 4 is 23.8 Å². The molecule has 2 aromatic carbocycles. The van der Waals surface area contributed by atoms with E-state index in [1.54, 1.807) is 24.3 Å². The third kappa shape index (κ3) is 4.57. The lowest BCUT2D eigenvalue weighted by atomic mass is 9.92. The molecular weight excluding hydrogens is 427 g/mol. The lowest BCUT2D eigenvalue weighted by molar-refractivity contribution is -0.134. The zero-order valence-corrected chi connectivity index (χ0v) is 18.3. The van der Waals surface area contributed by atoms with Crippen LogP contribution in [0.15, 0.2) is 48.5 Å². The molecule has 2 aromatic rings. The Bertz CT molecular complexity index is 1100. The zero-order chi connectivity index (χ0) is 23.6. The van der Waals surface area contributed by atoms with Gasteiger partial charge in [0.25, 0.3) is 11.8 Å². The summed E-state index contributed by atoms with van der Waals surface area (Å²) in [7, 11) is 0. The Balaban J connectivity index is 1.37. The Morgan fingerprint density at radius 3 is 2.48 bits per heavy atom. The molecule has 8 nitrogen and oxygen atoms in total. The first-order chi connectivity index (χ1) is 15.8. The quantitative estimate of drug-likeness (QED) is 0.656. The van der Waals surface area contributed by atoms with Gasteiger partial charge in [0.15, 0.2) is 0 Å². The summed E-state index contributed by atoms with van der Waals surface area (Å²) in [4.78, 5) is 53.0. The normalized spacial score (nSPS) is 20.2. The molecule has 9 heteroatoms. The Kier molecular flexibility index (Phi) is 6.13. The summed E-state index contributed by atoms with van der Waals surface area (Å²) in [5.41, 5.74) is 0.342. The van der Waals surface area contributed by atoms with Gasteiger partial charge in [-0.15, -0.1) is 0 Å². The van der Waals surface area contributed by atoms with Crippen LogP contribution in [0.2, 0.25) is 0 Å². The predicted molar refractivity (Wildman–Crippen MR) is 117 cm³/mol. The highest BCUT2D eigenvalue weighted by Crippen LogP contribution is 2.28. The van der Waals surface area contributed by atoms with Crippen LogP contribution < -0.4 is 10.6 Å². The first kappa shape index (κ1) is 22.4. The molecule has 33 heavy (non-hydrogen) atoms. The number of carbonyl (C=O) groups is 4. The van der Waals surface area contributed by atoms with Crippen molar-refractivity contribution in [2.75, 3.05) is 19.6 Å². The summed E-state index contributed by atoms with van der Waals surface area (Å²) in [5.74, 6) is -1.59. The van der Waals surface area contributed by atoms with Crippen LogP contribution in [0.1, 0.15) is 41.3 Å². The summed E-state index contributed by atoms with van der Waals surface area (Å²) in [5, 5.41) is 5.27. The van der Waals surface area contributed by atoms with E-state index in [2.05, 4.69) is 10.6 Å². The molecule has 2 aliphatic rings. The zero-order valence-electron chi connectivity index (χ0n) is 18.3. The van der Waals surface area contributed by atoms with Gasteiger partial charge in [-0.1, -0.05) is 24.3 Å². The predicted octanol–water partition coefficient (Wildman–Crippen LogP) is 2.15. The van der Waals surface area contributed by atoms with Crippen molar-refractivity contribution in [3.8, 4) is 0 Å². The molecule has 0 bridgehead atoms. The molecule has 0 aromatic heterocycles. The smallest absolute Gasteiger partial charge is 0.325 e. The molecule has 4 rings (SSSR count). The maximum absolute atomic E-state index is 13.2. The molecule has 2 N–H and O–H groups in total. The minimum absolute atomic E-state index is 0.0277. The van der Waals surface area contributed by atoms with Crippen LogP contribution in [-0.4, -0.2) is 53.2 Å². The number of hydrogen-bond donors (Lipinski definition) is 2. The lowest BCUT2D eigenvalue weighted by Crippen LogP contribution is -2.43. The number of imide groups is 1. The van der Waals surface area contributed by atoms with Crippen molar-refractivity contribution in [1.82, 2.24) is 20.4 Å². The van der Waals surface area contributed by atoms with Crippen LogP contribution in [0.25, 0.3) is 0 Å². The molecule has 0 aliphatic carbocycles. The van der Waals surface area contributed by atoms with Gasteiger partial charge in [-0.05, 0) is 55.2 Å². The number of halogens is 1. The van der Waals surface area contributed by atoms with Crippen LogP contribution >= 0.6 is 0 Å². The van der Waals surface area contributed by atoms with Gasteiger partial charge in [-0.2, -0.15) is 0 Å². The molecule has 2 heterocycles. The largest absolute Gasteiger partial charge is 0.350 e. The van der Waals surface area contributed by atoms with Crippen molar-refractivity contribution in [3.63, 3.8) is 0 Å². The fourth-order valence-electron chi connectivity index (χ4n) is 4.14. The Labute approximate surface area is 190 Å². The van der Waals surface area contributed by atoms with Gasteiger partial charge in [0.2, 0.25) is 5.91 Å². The van der Waals surface area contributed by atoms with Crippen LogP contribution in [0.3, 0.4) is 0 Å². The third-order valence-corrected chi connectivity index (χ3v) is 6.06. The number of hydrogen-bond acceptors (Lipinski definition) is 4. The van der Waals surface area contributed by atoms with Gasteiger partial charge in [-0.25, -0.2) is 9.18 Å². The molecule has 5 amide bonds. The number of urea groups is 1. The lowest BCUT2D eigenvalue weighted by Gasteiger charge is -2.22. The van der Waals surface area contributed by atoms with Gasteiger partial charge in [0.1, 0.15) is 17.9 Å². The van der Waals surface area contributed by atoms with Crippen LogP contribution in [0.4, 0.5) is 9.18 Å². The molecule has 0 spiro atoms. The Morgan fingerprint density at radius 1 is 1.09 bits per heavy atom. The van der Waals surface area contributed by atoms with Crippen LogP contribution in [-0.2, 0) is 21.7 Å². The second-order valence-electron chi connectivity index (χ2n) is 8.43. The highest BCUT2D eigenvalue weighted by atomic mass is 19.1. The Morgan fingerprint density at radius 2 is 1.79 bits per heavy atom. The van der Waals surface area contributed by atoms with E-state index in [-0.39, 0.29) is 12.5 Å². The first-order valence-electron chi connectivity index (χ1n) is 10.8. The molecule has 2 aliphatic heterocycles. The fourth-order valence-corrected chi connectivity index (χ4v) is 4.14. The maximum Gasteiger partial charge on any atom is 0.325 e. The van der Waals surface area contributed by atoms with Gasteiger partial charge >= 0.3 is 6.03 Å². The molecule has 0 radical (unpaired) electrons. The summed E-state index contributed by atoms with van der Waals surface area (Å²) >= 11 is 0. The topological polar surface area (TPSA) is 98.8 Å². The van der Waals surface area contributed by atoms with Crippen molar-refractivity contribution in [3.05, 3.63) is 71.0 Å². The SMILES string of the molecule is CC1(c2ccc(F)cc2)NC(=O)N(CC(=O)NCc2cccc(C(=O)N3CCCC3)c2)C1=O. The van der Waals surface area contributed by atoms with Crippen molar-refractivity contribution in [1.29, 1.82) is 0 Å². The van der Waals surface area contributed by atoms with E-state index < -0.39 is 35.7 Å². The van der Waals surface area contributed by atoms with E-state index >= 15 is 0 Å². The second-order valence-corrected chi connectivity index (χ2v) is 8.43. The van der Waals surface area contributed by atoms with E-state index in [9.17, 15) is 23.6 Å². The van der Waals surface area contributed by atoms with Crippen molar-refractivity contribution in [2.24, 2.45) is 0 Å². The number of nitrogens with one attached hydrogen (secondary N) is 2. The monoisotopic (exact) mass is 452 g/mol. The van der Waals surface area contributed by atoms with E-state index in [4.69, 9.17) is 0 Å². The number of amides is 5. The minimum atomic E-state index is -1.38. The number of likely N-dealkylation sites (tertiary alicyclic amines) is 1. The summed E-state index contributed by atoms with van der Waals surface area (Å²) < 4.78 is 13.2. The maximum atomic E-state index is 13.2. The van der Waals surface area contributed by atoms with E-state index in [1.165, 1.54) is 31.2 Å². The highest BCUT2D eigenvalue weighted by molar-refractivity contribution is 6.09. The molecule has 1 atom stereocenters. The fraction of sp³-hybridized carbons (Fsp3) is 0.333. The van der Waals surface area contributed by atoms with Crippen molar-refractivity contribution < 1.29 is 23.6 Å². The molecule has 2 saturated heterocycles. The van der Waals surface area contributed by atoms with Crippen molar-refractivity contribution in [2.45, 2.75) is 31.8 Å². The second kappa shape index (κ2) is 9.01. The van der Waals surface area contributed by atoms with Gasteiger partial charge < -0.3 is 15.5 Å². The van der Waals surface area contributed by atoms with Crippen LogP contribution in [0, 0.1) is 5.82 Å². The third-order valence-electron chi connectivity index (χ3n) is 6.06. The van der Waals surface area contributed by atoms with Gasteiger partial charge in [-0.3, -0.25) is 19.3 Å². The highest BCUT2D eigenvalue weighted by Gasteiger charge is 2.49. The molecular formula is C24H25FN4O4. The number of carbonyl (C=O) groups excluding carboxylic acids is 4. The summed E-state index contributed by atoms with van der Waals surface area (Å²) in [6.07, 6.45) is 2.01. The molecule has 1 unspecified atom stereocenters. The Hall–Kier alpha value is -3.75. The molecule has 0 saturated carbocycles. The summed E-state index contributed by atoms with van der Waals surface area (Å²) in [6.45, 7) is 2.72. The average Bonchev–Trinajstić information content (AvgIpc) is 3.42. The number of benzene rings is 2. The minimum Gasteiger partial charge on any atom is -0.350 e. The van der Waals surface area contributed by atoms with E-state index in [0.29, 0.717) is 11.1 Å². The van der Waals surface area contributed by atoms with E-state index in [1.807, 2.05) is 4.90 Å². The summed E-state index contributed by atoms with van der Waals surface area (Å²) in [6, 6.07) is 11.6. The average molecular weight is 452 g/mol. The molecule has 172 valence electrons. The number of rotatable bonds is 6. The van der Waals surface area contributed by atoms with Gasteiger partial charge in [0.05, 0.1) is 0 Å². The number of nitrogens with zero attached hydrogens (tertiary/aromatic N) is 2. The standard InChI is InChI=1S/C24H25FN4O4/c1-24(18-7-9-19(25)10-8-18)22(32)29(23(33)27-24)15-20(30)26-14-16-5-4-6-17(13-16)21(31)28-11-2-3-12-28/h4-10,13H,2-3,11-12,14-15H2,1H3,(H,26,30)(H,27,33). The van der Waals surface area contributed by atoms with E-state index in [0.717, 1.165) is 36.4 Å².